The normalized spacial score (nSPS) is 18.3. The molecule has 2 rings (SSSR count). The summed E-state index contributed by atoms with van der Waals surface area (Å²) < 4.78 is 5.55. The summed E-state index contributed by atoms with van der Waals surface area (Å²) in [6.07, 6.45) is 6.47. The van der Waals surface area contributed by atoms with Crippen molar-refractivity contribution in [2.75, 3.05) is 18.0 Å². The Labute approximate surface area is 158 Å². The van der Waals surface area contributed by atoms with E-state index in [-0.39, 0.29) is 12.1 Å². The van der Waals surface area contributed by atoms with Crippen molar-refractivity contribution in [1.29, 1.82) is 0 Å². The van der Waals surface area contributed by atoms with Gasteiger partial charge in [0.2, 0.25) is 0 Å². The van der Waals surface area contributed by atoms with Gasteiger partial charge in [-0.2, -0.15) is 0 Å². The van der Waals surface area contributed by atoms with Crippen molar-refractivity contribution < 1.29 is 9.53 Å². The van der Waals surface area contributed by atoms with E-state index in [1.54, 1.807) is 4.90 Å². The Kier molecular flexibility index (Phi) is 7.04. The highest BCUT2D eigenvalue weighted by Gasteiger charge is 2.28. The first-order chi connectivity index (χ1) is 12.2. The van der Waals surface area contributed by atoms with Crippen LogP contribution in [0, 0.1) is 0 Å². The summed E-state index contributed by atoms with van der Waals surface area (Å²) in [6, 6.07) is 4.51. The van der Waals surface area contributed by atoms with Crippen molar-refractivity contribution in [2.24, 2.45) is 0 Å². The minimum absolute atomic E-state index is 0.0178. The van der Waals surface area contributed by atoms with Crippen molar-refractivity contribution in [2.45, 2.75) is 84.9 Å². The van der Waals surface area contributed by atoms with Gasteiger partial charge >= 0.3 is 6.09 Å². The highest BCUT2D eigenvalue weighted by Crippen LogP contribution is 2.32. The van der Waals surface area contributed by atoms with E-state index >= 15 is 0 Å². The largest absolute Gasteiger partial charge is 0.443 e. The Balaban J connectivity index is 2.14. The van der Waals surface area contributed by atoms with Crippen LogP contribution in [0.15, 0.2) is 18.3 Å². The Morgan fingerprint density at radius 1 is 1.38 bits per heavy atom. The summed E-state index contributed by atoms with van der Waals surface area (Å²) in [5, 5.41) is 0. The summed E-state index contributed by atoms with van der Waals surface area (Å²) in [5.41, 5.74) is 0.726. The van der Waals surface area contributed by atoms with Crippen LogP contribution in [0.1, 0.15) is 78.8 Å². The Hall–Kier alpha value is -1.62. The predicted molar refractivity (Wildman–Crippen MR) is 107 cm³/mol. The van der Waals surface area contributed by atoms with Gasteiger partial charge in [0, 0.05) is 18.3 Å². The standard InChI is InChI=1S/C21H35N3O2/c1-7-8-13-23-14-9-10-18(23)17-11-12-19(22-15-17)24(16(2)3)20(25)26-21(4,5)6/h11-12,15-16,18H,7-10,13-14H2,1-6H3/t18-/m1/s1. The summed E-state index contributed by atoms with van der Waals surface area (Å²) in [6.45, 7) is 14.1. The number of ether oxygens (including phenoxy) is 1. The van der Waals surface area contributed by atoms with E-state index in [9.17, 15) is 4.79 Å². The second-order valence-corrected chi connectivity index (χ2v) is 8.44. The van der Waals surface area contributed by atoms with E-state index < -0.39 is 5.60 Å². The van der Waals surface area contributed by atoms with Crippen LogP contribution in [0.3, 0.4) is 0 Å². The van der Waals surface area contributed by atoms with Gasteiger partial charge in [0.1, 0.15) is 11.4 Å². The summed E-state index contributed by atoms with van der Waals surface area (Å²) >= 11 is 0. The van der Waals surface area contributed by atoms with Crippen LogP contribution in [0.25, 0.3) is 0 Å². The van der Waals surface area contributed by atoms with E-state index in [0.717, 1.165) is 6.54 Å². The van der Waals surface area contributed by atoms with Crippen LogP contribution in [-0.2, 0) is 4.74 Å². The van der Waals surface area contributed by atoms with E-state index in [4.69, 9.17) is 4.74 Å². The molecule has 5 nitrogen and oxygen atoms in total. The molecule has 1 aliphatic heterocycles. The molecule has 0 N–H and O–H groups in total. The molecule has 146 valence electrons. The number of pyridine rings is 1. The van der Waals surface area contributed by atoms with Crippen molar-refractivity contribution >= 4 is 11.9 Å². The second-order valence-electron chi connectivity index (χ2n) is 8.44. The average Bonchev–Trinajstić information content (AvgIpc) is 3.00. The molecule has 1 aromatic heterocycles. The maximum Gasteiger partial charge on any atom is 0.416 e. The van der Waals surface area contributed by atoms with Crippen LogP contribution in [-0.4, -0.2) is 40.7 Å². The highest BCUT2D eigenvalue weighted by atomic mass is 16.6. The van der Waals surface area contributed by atoms with Gasteiger partial charge in [0.15, 0.2) is 0 Å². The molecule has 1 amide bonds. The van der Waals surface area contributed by atoms with Crippen molar-refractivity contribution in [3.63, 3.8) is 0 Å². The van der Waals surface area contributed by atoms with Crippen molar-refractivity contribution in [1.82, 2.24) is 9.88 Å². The van der Waals surface area contributed by atoms with Gasteiger partial charge in [-0.15, -0.1) is 0 Å². The zero-order chi connectivity index (χ0) is 19.3. The molecule has 5 heteroatoms. The summed E-state index contributed by atoms with van der Waals surface area (Å²) in [4.78, 5) is 21.4. The number of hydrogen-bond donors (Lipinski definition) is 0. The summed E-state index contributed by atoms with van der Waals surface area (Å²) in [7, 11) is 0. The van der Waals surface area contributed by atoms with Crippen LogP contribution >= 0.6 is 0 Å². The molecular weight excluding hydrogens is 326 g/mol. The fourth-order valence-electron chi connectivity index (χ4n) is 3.45. The maximum absolute atomic E-state index is 12.6. The predicted octanol–water partition coefficient (Wildman–Crippen LogP) is 5.17. The number of amides is 1. The molecule has 1 atom stereocenters. The number of likely N-dealkylation sites (tertiary alicyclic amines) is 1. The molecule has 1 saturated heterocycles. The first-order valence-electron chi connectivity index (χ1n) is 9.95. The third kappa shape index (κ3) is 5.44. The van der Waals surface area contributed by atoms with Gasteiger partial charge in [0.25, 0.3) is 0 Å². The van der Waals surface area contributed by atoms with Gasteiger partial charge in [-0.3, -0.25) is 9.80 Å². The van der Waals surface area contributed by atoms with Gasteiger partial charge in [-0.1, -0.05) is 19.4 Å². The molecule has 0 saturated carbocycles. The van der Waals surface area contributed by atoms with Crippen molar-refractivity contribution in [3.8, 4) is 0 Å². The van der Waals surface area contributed by atoms with Crippen LogP contribution in [0.2, 0.25) is 0 Å². The number of aromatic nitrogens is 1. The van der Waals surface area contributed by atoms with E-state index in [0.29, 0.717) is 11.9 Å². The van der Waals surface area contributed by atoms with E-state index in [1.165, 1.54) is 37.8 Å². The number of nitrogens with zero attached hydrogens (tertiary/aromatic N) is 3. The number of hydrogen-bond acceptors (Lipinski definition) is 4. The molecule has 0 aliphatic carbocycles. The quantitative estimate of drug-likeness (QED) is 0.701. The lowest BCUT2D eigenvalue weighted by molar-refractivity contribution is 0.0569. The third-order valence-corrected chi connectivity index (χ3v) is 4.67. The van der Waals surface area contributed by atoms with E-state index in [2.05, 4.69) is 22.9 Å². The number of carbonyl (C=O) groups excluding carboxylic acids is 1. The average molecular weight is 362 g/mol. The summed E-state index contributed by atoms with van der Waals surface area (Å²) in [5.74, 6) is 0.649. The van der Waals surface area contributed by atoms with Gasteiger partial charge in [-0.25, -0.2) is 9.78 Å². The maximum atomic E-state index is 12.6. The van der Waals surface area contributed by atoms with Gasteiger partial charge in [0.05, 0.1) is 0 Å². The Morgan fingerprint density at radius 3 is 2.65 bits per heavy atom. The van der Waals surface area contributed by atoms with E-state index in [1.807, 2.05) is 46.9 Å². The molecule has 1 aliphatic rings. The minimum atomic E-state index is -0.520. The zero-order valence-electron chi connectivity index (χ0n) is 17.3. The molecule has 0 unspecified atom stereocenters. The van der Waals surface area contributed by atoms with Crippen LogP contribution in [0.4, 0.5) is 10.6 Å². The molecule has 26 heavy (non-hydrogen) atoms. The highest BCUT2D eigenvalue weighted by molar-refractivity contribution is 5.87. The fraction of sp³-hybridized carbons (Fsp3) is 0.714. The fourth-order valence-corrected chi connectivity index (χ4v) is 3.45. The smallest absolute Gasteiger partial charge is 0.416 e. The molecule has 0 radical (unpaired) electrons. The Bertz CT molecular complexity index is 578. The number of anilines is 1. The zero-order valence-corrected chi connectivity index (χ0v) is 17.3. The number of rotatable bonds is 6. The first kappa shape index (κ1) is 20.7. The molecule has 1 aromatic rings. The SMILES string of the molecule is CCCCN1CCC[C@@H]1c1ccc(N(C(=O)OC(C)(C)C)C(C)C)nc1. The Morgan fingerprint density at radius 2 is 2.12 bits per heavy atom. The topological polar surface area (TPSA) is 45.7 Å². The van der Waals surface area contributed by atoms with Crippen LogP contribution < -0.4 is 4.90 Å². The first-order valence-corrected chi connectivity index (χ1v) is 9.95. The van der Waals surface area contributed by atoms with Crippen molar-refractivity contribution in [3.05, 3.63) is 23.9 Å². The van der Waals surface area contributed by atoms with Crippen LogP contribution in [0.5, 0.6) is 0 Å². The minimum Gasteiger partial charge on any atom is -0.443 e. The molecule has 0 aromatic carbocycles. The monoisotopic (exact) mass is 361 g/mol. The second kappa shape index (κ2) is 8.85. The molecule has 1 fully saturated rings. The molecule has 2 heterocycles. The molecule has 0 spiro atoms. The number of carbonyl (C=O) groups is 1. The van der Waals surface area contributed by atoms with Gasteiger partial charge in [-0.05, 0) is 78.6 Å². The van der Waals surface area contributed by atoms with Gasteiger partial charge < -0.3 is 4.74 Å². The molecule has 0 bridgehead atoms. The third-order valence-electron chi connectivity index (χ3n) is 4.67. The number of unbranched alkanes of at least 4 members (excludes halogenated alkanes) is 1. The lowest BCUT2D eigenvalue weighted by Crippen LogP contribution is -2.41. The lowest BCUT2D eigenvalue weighted by Gasteiger charge is -2.30. The molecular formula is C21H35N3O2. The lowest BCUT2D eigenvalue weighted by atomic mass is 10.1.